The van der Waals surface area contributed by atoms with Crippen LogP contribution in [0.3, 0.4) is 0 Å². The molecule has 162 valence electrons. The minimum absolute atomic E-state index is 0.0339. The zero-order valence-corrected chi connectivity index (χ0v) is 17.6. The van der Waals surface area contributed by atoms with E-state index in [1.807, 2.05) is 72.6 Å². The molecule has 32 heavy (non-hydrogen) atoms. The van der Waals surface area contributed by atoms with Crippen LogP contribution >= 0.6 is 0 Å². The third-order valence-corrected chi connectivity index (χ3v) is 5.88. The number of rotatable bonds is 1. The lowest BCUT2D eigenvalue weighted by Gasteiger charge is -2.43. The van der Waals surface area contributed by atoms with Gasteiger partial charge in [0.05, 0.1) is 0 Å². The lowest BCUT2D eigenvalue weighted by Crippen LogP contribution is -2.55. The summed E-state index contributed by atoms with van der Waals surface area (Å²) in [5, 5.41) is 12.5. The van der Waals surface area contributed by atoms with Crippen molar-refractivity contribution in [3.8, 4) is 11.5 Å². The second-order valence-corrected chi connectivity index (χ2v) is 8.02. The second kappa shape index (κ2) is 7.92. The Bertz CT molecular complexity index is 1270. The van der Waals surface area contributed by atoms with Gasteiger partial charge in [0.25, 0.3) is 5.91 Å². The van der Waals surface area contributed by atoms with Crippen LogP contribution in [0.2, 0.25) is 0 Å². The molecule has 3 aromatic rings. The number of carbonyl (C=O) groups excluding carboxylic acids is 1. The Balaban J connectivity index is 1.80. The number of ether oxygens (including phenoxy) is 1. The van der Waals surface area contributed by atoms with E-state index >= 15 is 0 Å². The second-order valence-electron chi connectivity index (χ2n) is 8.02. The Morgan fingerprint density at radius 3 is 2.56 bits per heavy atom. The molecule has 5 rings (SSSR count). The first-order chi connectivity index (χ1) is 15.5. The number of para-hydroxylation sites is 1. The predicted octanol–water partition coefficient (Wildman–Crippen LogP) is 3.03. The lowest BCUT2D eigenvalue weighted by atomic mass is 9.97. The third kappa shape index (κ3) is 3.32. The van der Waals surface area contributed by atoms with Gasteiger partial charge in [-0.2, -0.15) is 0 Å². The molecule has 2 aromatic carbocycles. The fraction of sp³-hybridized carbons (Fsp3) is 0.200. The van der Waals surface area contributed by atoms with E-state index in [2.05, 4.69) is 0 Å². The van der Waals surface area contributed by atoms with Gasteiger partial charge in [-0.3, -0.25) is 19.3 Å². The van der Waals surface area contributed by atoms with E-state index in [4.69, 9.17) is 4.74 Å². The number of aromatic hydroxyl groups is 1. The average molecular weight is 429 g/mol. The van der Waals surface area contributed by atoms with Gasteiger partial charge in [0.1, 0.15) is 25.1 Å². The molecule has 0 radical (unpaired) electrons. The maximum Gasteiger partial charge on any atom is 0.278 e. The van der Waals surface area contributed by atoms with E-state index in [0.717, 1.165) is 22.4 Å². The Morgan fingerprint density at radius 1 is 1.00 bits per heavy atom. The molecule has 2 bridgehead atoms. The normalized spacial score (nSPS) is 19.7. The molecular weight excluding hydrogens is 406 g/mol. The summed E-state index contributed by atoms with van der Waals surface area (Å²) >= 11 is 0. The summed E-state index contributed by atoms with van der Waals surface area (Å²) in [5.41, 5.74) is 2.28. The number of pyridine rings is 1. The van der Waals surface area contributed by atoms with Crippen LogP contribution in [0.4, 0.5) is 0 Å². The molecule has 0 spiro atoms. The summed E-state index contributed by atoms with van der Waals surface area (Å²) < 4.78 is 7.78. The number of aromatic nitrogens is 1. The summed E-state index contributed by atoms with van der Waals surface area (Å²) in [6, 6.07) is 18.7. The van der Waals surface area contributed by atoms with Gasteiger partial charge in [0.15, 0.2) is 11.4 Å². The Hall–Kier alpha value is -4.00. The number of nitrogens with zero attached hydrogens (tertiary/aromatic N) is 3. The van der Waals surface area contributed by atoms with Crippen molar-refractivity contribution in [2.45, 2.75) is 13.0 Å². The van der Waals surface area contributed by atoms with Crippen molar-refractivity contribution in [3.63, 3.8) is 0 Å². The molecule has 0 saturated heterocycles. The van der Waals surface area contributed by atoms with Crippen molar-refractivity contribution in [2.75, 3.05) is 24.8 Å². The fourth-order valence-corrected chi connectivity index (χ4v) is 4.24. The smallest absolute Gasteiger partial charge is 0.278 e. The van der Waals surface area contributed by atoms with Gasteiger partial charge < -0.3 is 14.7 Å². The fourth-order valence-electron chi connectivity index (χ4n) is 4.24. The molecule has 7 nitrogen and oxygen atoms in total. The van der Waals surface area contributed by atoms with Crippen molar-refractivity contribution < 1.29 is 14.6 Å². The first kappa shape index (κ1) is 19.9. The van der Waals surface area contributed by atoms with Crippen LogP contribution in [-0.2, 0) is 0 Å². The number of carbonyl (C=O) groups is 1. The van der Waals surface area contributed by atoms with Crippen LogP contribution in [0.15, 0.2) is 83.3 Å². The summed E-state index contributed by atoms with van der Waals surface area (Å²) in [6.07, 6.45) is 3.49. The van der Waals surface area contributed by atoms with Gasteiger partial charge in [-0.1, -0.05) is 54.6 Å². The Morgan fingerprint density at radius 2 is 1.75 bits per heavy atom. The van der Waals surface area contributed by atoms with E-state index < -0.39 is 11.2 Å². The standard InChI is InChI=1S/C25H23N3O4/c1-17-11-13-26-16-28(27-14-12-20(29)24(30)23(27)25(26)31)22(18-7-3-2-4-8-18)19-9-5-6-10-21(19)32-15-17/h2-12,14,22,30H,13,15-16H2,1H3/b17-11-/t22-/m1/s1. The summed E-state index contributed by atoms with van der Waals surface area (Å²) in [7, 11) is 0. The van der Waals surface area contributed by atoms with Crippen molar-refractivity contribution in [2.24, 2.45) is 0 Å². The van der Waals surface area contributed by atoms with Crippen LogP contribution < -0.4 is 15.2 Å². The molecule has 0 fully saturated rings. The quantitative estimate of drug-likeness (QED) is 0.602. The SMILES string of the molecule is C/C1=C/CN2CN([C@H](c3ccccc3)c3ccccc3OC1)n1ccc(=O)c(O)c1C2=O. The topological polar surface area (TPSA) is 75.0 Å². The minimum atomic E-state index is -0.581. The van der Waals surface area contributed by atoms with E-state index in [9.17, 15) is 14.7 Å². The molecule has 1 amide bonds. The highest BCUT2D eigenvalue weighted by molar-refractivity contribution is 5.96. The summed E-state index contributed by atoms with van der Waals surface area (Å²) in [5.74, 6) is -0.189. The van der Waals surface area contributed by atoms with E-state index in [1.54, 1.807) is 15.8 Å². The molecule has 7 heteroatoms. The van der Waals surface area contributed by atoms with Crippen molar-refractivity contribution in [3.05, 3.63) is 106 Å². The van der Waals surface area contributed by atoms with Gasteiger partial charge in [-0.15, -0.1) is 0 Å². The summed E-state index contributed by atoms with van der Waals surface area (Å²) in [4.78, 5) is 27.1. The number of hydrogen-bond acceptors (Lipinski definition) is 5. The van der Waals surface area contributed by atoms with Crippen LogP contribution in [-0.4, -0.2) is 40.4 Å². The first-order valence-corrected chi connectivity index (χ1v) is 10.5. The van der Waals surface area contributed by atoms with Gasteiger partial charge in [-0.05, 0) is 24.1 Å². The predicted molar refractivity (Wildman–Crippen MR) is 120 cm³/mol. The summed E-state index contributed by atoms with van der Waals surface area (Å²) in [6.45, 7) is 2.96. The van der Waals surface area contributed by atoms with E-state index in [0.29, 0.717) is 13.2 Å². The van der Waals surface area contributed by atoms with Gasteiger partial charge in [0, 0.05) is 24.4 Å². The van der Waals surface area contributed by atoms with Crippen LogP contribution in [0.1, 0.15) is 34.6 Å². The first-order valence-electron chi connectivity index (χ1n) is 10.5. The molecule has 0 saturated carbocycles. The Kier molecular flexibility index (Phi) is 4.93. The molecule has 1 aromatic heterocycles. The maximum atomic E-state index is 13.3. The molecule has 2 aliphatic rings. The monoisotopic (exact) mass is 429 g/mol. The largest absolute Gasteiger partial charge is 0.502 e. The molecule has 0 aliphatic carbocycles. The number of amides is 1. The number of fused-ring (bicyclic) bond motifs is 5. The highest BCUT2D eigenvalue weighted by atomic mass is 16.5. The molecular formula is C25H23N3O4. The number of hydrogen-bond donors (Lipinski definition) is 1. The molecule has 2 aliphatic heterocycles. The molecule has 0 unspecified atom stereocenters. The van der Waals surface area contributed by atoms with Crippen LogP contribution in [0.5, 0.6) is 11.5 Å². The lowest BCUT2D eigenvalue weighted by molar-refractivity contribution is 0.0701. The average Bonchev–Trinajstić information content (AvgIpc) is 2.83. The highest BCUT2D eigenvalue weighted by Crippen LogP contribution is 2.37. The maximum absolute atomic E-state index is 13.3. The van der Waals surface area contributed by atoms with Gasteiger partial charge in [-0.25, -0.2) is 0 Å². The zero-order chi connectivity index (χ0) is 22.2. The highest BCUT2D eigenvalue weighted by Gasteiger charge is 2.37. The van der Waals surface area contributed by atoms with Gasteiger partial charge in [0.2, 0.25) is 5.43 Å². The zero-order valence-electron chi connectivity index (χ0n) is 17.6. The molecule has 3 heterocycles. The van der Waals surface area contributed by atoms with E-state index in [-0.39, 0.29) is 24.3 Å². The Labute approximate surface area is 185 Å². The van der Waals surface area contributed by atoms with Gasteiger partial charge >= 0.3 is 0 Å². The van der Waals surface area contributed by atoms with Crippen molar-refractivity contribution in [1.82, 2.24) is 9.58 Å². The van der Waals surface area contributed by atoms with E-state index in [1.165, 1.54) is 6.07 Å². The number of benzene rings is 2. The molecule has 1 atom stereocenters. The van der Waals surface area contributed by atoms with Crippen molar-refractivity contribution in [1.29, 1.82) is 0 Å². The van der Waals surface area contributed by atoms with Crippen molar-refractivity contribution >= 4 is 5.91 Å². The van der Waals surface area contributed by atoms with Crippen LogP contribution in [0, 0.1) is 0 Å². The molecule has 1 N–H and O–H groups in total. The van der Waals surface area contributed by atoms with Crippen LogP contribution in [0.25, 0.3) is 0 Å². The minimum Gasteiger partial charge on any atom is -0.502 e. The third-order valence-electron chi connectivity index (χ3n) is 5.88.